The van der Waals surface area contributed by atoms with Gasteiger partial charge in [-0.1, -0.05) is 70.0 Å². The van der Waals surface area contributed by atoms with Crippen LogP contribution < -0.4 is 10.6 Å². The van der Waals surface area contributed by atoms with Crippen molar-refractivity contribution < 1.29 is 18.7 Å². The predicted molar refractivity (Wildman–Crippen MR) is 135 cm³/mol. The number of carbonyl (C=O) groups excluding carboxylic acids is 2. The molecule has 0 unspecified atom stereocenters. The Bertz CT molecular complexity index is 852. The van der Waals surface area contributed by atoms with E-state index in [0.29, 0.717) is 54.3 Å². The van der Waals surface area contributed by atoms with Crippen molar-refractivity contribution >= 4 is 41.8 Å². The van der Waals surface area contributed by atoms with E-state index < -0.39 is 5.82 Å². The highest BCUT2D eigenvalue weighted by Crippen LogP contribution is 2.24. The summed E-state index contributed by atoms with van der Waals surface area (Å²) in [6, 6.07) is 10.4. The number of nitrogens with one attached hydrogen (secondary N) is 2. The first-order chi connectivity index (χ1) is 15.4. The summed E-state index contributed by atoms with van der Waals surface area (Å²) in [5, 5.41) is 6.47. The van der Waals surface area contributed by atoms with Gasteiger partial charge in [-0.3, -0.25) is 9.59 Å². The van der Waals surface area contributed by atoms with Crippen LogP contribution in [0.15, 0.2) is 36.4 Å². The zero-order valence-corrected chi connectivity index (χ0v) is 21.7. The Morgan fingerprint density at radius 1 is 1.12 bits per heavy atom. The lowest BCUT2D eigenvalue weighted by atomic mass is 10.0. The molecule has 0 fully saturated rings. The smallest absolute Gasteiger partial charge is 0.293 e. The van der Waals surface area contributed by atoms with Crippen LogP contribution in [0.25, 0.3) is 0 Å². The Balaban J connectivity index is 0.000000859. The molecule has 33 heavy (non-hydrogen) atoms. The SMILES string of the molecule is CC(C)(C)C.CCOC=O.C[C@H](CNCc1cc(F)c(Cl)cc1NC=O)c1cccc(Cl)c1. The molecule has 0 radical (unpaired) electrons. The maximum absolute atomic E-state index is 13.6. The fourth-order valence-corrected chi connectivity index (χ4v) is 2.72. The zero-order chi connectivity index (χ0) is 25.4. The number of rotatable bonds is 9. The van der Waals surface area contributed by atoms with Crippen molar-refractivity contribution in [2.75, 3.05) is 18.5 Å². The lowest BCUT2D eigenvalue weighted by Crippen LogP contribution is -2.20. The Morgan fingerprint density at radius 2 is 1.76 bits per heavy atom. The molecule has 0 saturated carbocycles. The van der Waals surface area contributed by atoms with Gasteiger partial charge in [-0.25, -0.2) is 4.39 Å². The summed E-state index contributed by atoms with van der Waals surface area (Å²) < 4.78 is 17.8. The molecular weight excluding hydrogens is 466 g/mol. The van der Waals surface area contributed by atoms with Gasteiger partial charge in [0.05, 0.1) is 11.6 Å². The third-order valence-corrected chi connectivity index (χ3v) is 4.30. The van der Waals surface area contributed by atoms with Crippen LogP contribution in [0.1, 0.15) is 58.6 Å². The first-order valence-corrected chi connectivity index (χ1v) is 11.4. The van der Waals surface area contributed by atoms with Gasteiger partial charge < -0.3 is 15.4 Å². The van der Waals surface area contributed by atoms with Gasteiger partial charge in [-0.05, 0) is 53.6 Å². The molecule has 1 atom stereocenters. The Labute approximate surface area is 207 Å². The summed E-state index contributed by atoms with van der Waals surface area (Å²) in [7, 11) is 0. The van der Waals surface area contributed by atoms with Crippen LogP contribution >= 0.6 is 23.2 Å². The van der Waals surface area contributed by atoms with Crippen LogP contribution in [0, 0.1) is 11.2 Å². The summed E-state index contributed by atoms with van der Waals surface area (Å²) >= 11 is 11.7. The van der Waals surface area contributed by atoms with Crippen LogP contribution in [0.5, 0.6) is 0 Å². The largest absolute Gasteiger partial charge is 0.468 e. The molecule has 0 aliphatic rings. The molecule has 0 heterocycles. The van der Waals surface area contributed by atoms with Gasteiger partial charge in [0.2, 0.25) is 6.41 Å². The number of halogens is 3. The summed E-state index contributed by atoms with van der Waals surface area (Å²) in [6.07, 6.45) is 0.543. The van der Waals surface area contributed by atoms with Gasteiger partial charge >= 0.3 is 0 Å². The molecule has 2 N–H and O–H groups in total. The van der Waals surface area contributed by atoms with Crippen LogP contribution in [-0.2, 0) is 20.9 Å². The molecule has 2 rings (SSSR count). The van der Waals surface area contributed by atoms with Crippen molar-refractivity contribution in [3.05, 3.63) is 63.4 Å². The van der Waals surface area contributed by atoms with Gasteiger partial charge in [-0.2, -0.15) is 0 Å². The Kier molecular flexibility index (Phi) is 15.4. The minimum Gasteiger partial charge on any atom is -0.468 e. The Morgan fingerprint density at radius 3 is 2.24 bits per heavy atom. The predicted octanol–water partition coefficient (Wildman–Crippen LogP) is 6.83. The minimum absolute atomic E-state index is 0.0228. The van der Waals surface area contributed by atoms with Crippen molar-refractivity contribution in [1.82, 2.24) is 5.32 Å². The van der Waals surface area contributed by atoms with Gasteiger partial charge in [0.15, 0.2) is 0 Å². The number of carbonyl (C=O) groups is 2. The van der Waals surface area contributed by atoms with Gasteiger partial charge in [0, 0.05) is 23.8 Å². The normalized spacial score (nSPS) is 11.2. The van der Waals surface area contributed by atoms with Crippen molar-refractivity contribution in [2.24, 2.45) is 5.41 Å². The average Bonchev–Trinajstić information content (AvgIpc) is 2.71. The third kappa shape index (κ3) is 15.3. The maximum atomic E-state index is 13.6. The summed E-state index contributed by atoms with van der Waals surface area (Å²) in [5.74, 6) is -0.267. The summed E-state index contributed by atoms with van der Waals surface area (Å²) in [6.45, 7) is 14.6. The van der Waals surface area contributed by atoms with E-state index in [1.165, 1.54) is 12.1 Å². The van der Waals surface area contributed by atoms with E-state index in [2.05, 4.69) is 50.0 Å². The number of amides is 1. The summed E-state index contributed by atoms with van der Waals surface area (Å²) in [5.41, 5.74) is 2.75. The highest BCUT2D eigenvalue weighted by atomic mass is 35.5. The fraction of sp³-hybridized carbons (Fsp3) is 0.440. The number of hydrogen-bond acceptors (Lipinski definition) is 4. The average molecular weight is 501 g/mol. The minimum atomic E-state index is -0.511. The molecule has 2 aromatic carbocycles. The third-order valence-electron chi connectivity index (χ3n) is 3.78. The zero-order valence-electron chi connectivity index (χ0n) is 20.2. The molecule has 5 nitrogen and oxygen atoms in total. The molecule has 0 aromatic heterocycles. The van der Waals surface area contributed by atoms with E-state index >= 15 is 0 Å². The topological polar surface area (TPSA) is 67.4 Å². The van der Waals surface area contributed by atoms with Crippen molar-refractivity contribution in [1.29, 1.82) is 0 Å². The Hall–Kier alpha value is -2.15. The first-order valence-electron chi connectivity index (χ1n) is 10.6. The van der Waals surface area contributed by atoms with E-state index in [-0.39, 0.29) is 10.9 Å². The summed E-state index contributed by atoms with van der Waals surface area (Å²) in [4.78, 5) is 19.8. The highest BCUT2D eigenvalue weighted by Gasteiger charge is 2.10. The van der Waals surface area contributed by atoms with Crippen LogP contribution in [0.4, 0.5) is 10.1 Å². The van der Waals surface area contributed by atoms with E-state index in [1.807, 2.05) is 24.3 Å². The monoisotopic (exact) mass is 500 g/mol. The van der Waals surface area contributed by atoms with E-state index in [9.17, 15) is 14.0 Å². The molecular formula is C25H35Cl2FN2O3. The number of anilines is 1. The number of benzene rings is 2. The van der Waals surface area contributed by atoms with Crippen molar-refractivity contribution in [2.45, 2.75) is 54.0 Å². The molecule has 0 aliphatic carbocycles. The lowest BCUT2D eigenvalue weighted by Gasteiger charge is -2.15. The molecule has 184 valence electrons. The molecule has 2 aromatic rings. The van der Waals surface area contributed by atoms with Crippen LogP contribution in [-0.4, -0.2) is 26.0 Å². The van der Waals surface area contributed by atoms with Gasteiger partial charge in [-0.15, -0.1) is 0 Å². The highest BCUT2D eigenvalue weighted by molar-refractivity contribution is 6.31. The molecule has 0 aliphatic heterocycles. The first kappa shape index (κ1) is 30.9. The fourth-order valence-electron chi connectivity index (χ4n) is 2.35. The van der Waals surface area contributed by atoms with E-state index in [0.717, 1.165) is 5.56 Å². The number of hydrogen-bond donors (Lipinski definition) is 2. The second kappa shape index (κ2) is 16.5. The number of ether oxygens (including phenoxy) is 1. The van der Waals surface area contributed by atoms with Gasteiger partial charge in [0.25, 0.3) is 6.47 Å². The standard InChI is InChI=1S/C17H17Cl2FN2O.C5H12.C3H6O2/c1-11(12-3-2-4-14(18)5-12)8-21-9-13-6-16(20)15(19)7-17(13)22-10-23;1-5(2,3)4;1-2-5-3-4/h2-7,10-11,21H,8-9H2,1H3,(H,22,23);1-4H3;3H,2H2,1H3/t11-;;/m1../s1. The maximum Gasteiger partial charge on any atom is 0.293 e. The van der Waals surface area contributed by atoms with Crippen LogP contribution in [0.3, 0.4) is 0 Å². The lowest BCUT2D eigenvalue weighted by molar-refractivity contribution is -0.128. The molecule has 0 saturated heterocycles. The molecule has 0 bridgehead atoms. The molecule has 8 heteroatoms. The van der Waals surface area contributed by atoms with E-state index in [4.69, 9.17) is 23.2 Å². The van der Waals surface area contributed by atoms with Crippen LogP contribution in [0.2, 0.25) is 10.0 Å². The van der Waals surface area contributed by atoms with Gasteiger partial charge in [0.1, 0.15) is 5.82 Å². The molecule has 0 spiro atoms. The quantitative estimate of drug-likeness (QED) is 0.370. The molecule has 1 amide bonds. The van der Waals surface area contributed by atoms with Crippen molar-refractivity contribution in [3.63, 3.8) is 0 Å². The second-order valence-electron chi connectivity index (χ2n) is 8.82. The second-order valence-corrected chi connectivity index (χ2v) is 9.67. The van der Waals surface area contributed by atoms with E-state index in [1.54, 1.807) is 6.92 Å². The van der Waals surface area contributed by atoms with Crippen molar-refractivity contribution in [3.8, 4) is 0 Å².